The quantitative estimate of drug-likeness (QED) is 0.453. The Morgan fingerprint density at radius 2 is 1.90 bits per heavy atom. The number of fused-ring (bicyclic) bond motifs is 3. The van der Waals surface area contributed by atoms with Crippen LogP contribution in [0.15, 0.2) is 48.8 Å². The Bertz CT molecular complexity index is 1200. The van der Waals surface area contributed by atoms with Crippen LogP contribution in [0.25, 0.3) is 27.9 Å². The molecule has 3 aromatic heterocycles. The Morgan fingerprint density at radius 1 is 1.13 bits per heavy atom. The molecule has 154 valence electrons. The third kappa shape index (κ3) is 3.16. The highest BCUT2D eigenvalue weighted by atomic mass is 16.2. The molecule has 6 nitrogen and oxygen atoms in total. The molecular weight excluding hydrogens is 374 g/mol. The van der Waals surface area contributed by atoms with E-state index >= 15 is 0 Å². The van der Waals surface area contributed by atoms with E-state index in [1.807, 2.05) is 22.6 Å². The van der Waals surface area contributed by atoms with E-state index in [-0.39, 0.29) is 5.91 Å². The van der Waals surface area contributed by atoms with Crippen molar-refractivity contribution in [1.82, 2.24) is 24.0 Å². The SMILES string of the molecule is CCCCN(C)C(=O)c1cc2c(c3ccccc3n2CC2CC2)n1-c1ncccn1. The predicted molar refractivity (Wildman–Crippen MR) is 119 cm³/mol. The van der Waals surface area contributed by atoms with Gasteiger partial charge in [0.25, 0.3) is 5.91 Å². The largest absolute Gasteiger partial charge is 0.340 e. The highest BCUT2D eigenvalue weighted by molar-refractivity contribution is 6.10. The fourth-order valence-electron chi connectivity index (χ4n) is 4.22. The van der Waals surface area contributed by atoms with E-state index in [0.717, 1.165) is 48.3 Å². The first-order valence-corrected chi connectivity index (χ1v) is 10.8. The van der Waals surface area contributed by atoms with Gasteiger partial charge in [-0.05, 0) is 43.4 Å². The minimum Gasteiger partial charge on any atom is -0.340 e. The molecule has 1 aliphatic rings. The van der Waals surface area contributed by atoms with Crippen LogP contribution in [0.3, 0.4) is 0 Å². The van der Waals surface area contributed by atoms with Gasteiger partial charge in [-0.1, -0.05) is 31.5 Å². The number of carbonyl (C=O) groups excluding carboxylic acids is 1. The summed E-state index contributed by atoms with van der Waals surface area (Å²) >= 11 is 0. The number of carbonyl (C=O) groups is 1. The second kappa shape index (κ2) is 7.59. The van der Waals surface area contributed by atoms with E-state index in [2.05, 4.69) is 45.7 Å². The van der Waals surface area contributed by atoms with Crippen LogP contribution in [0.4, 0.5) is 0 Å². The molecule has 3 heterocycles. The van der Waals surface area contributed by atoms with E-state index in [1.54, 1.807) is 18.5 Å². The Morgan fingerprint density at radius 3 is 2.63 bits per heavy atom. The summed E-state index contributed by atoms with van der Waals surface area (Å²) in [6.07, 6.45) is 8.06. The van der Waals surface area contributed by atoms with E-state index < -0.39 is 0 Å². The molecule has 5 rings (SSSR count). The number of hydrogen-bond acceptors (Lipinski definition) is 3. The monoisotopic (exact) mass is 401 g/mol. The second-order valence-electron chi connectivity index (χ2n) is 8.30. The lowest BCUT2D eigenvalue weighted by Gasteiger charge is -2.18. The molecule has 0 spiro atoms. The van der Waals surface area contributed by atoms with E-state index in [4.69, 9.17) is 0 Å². The van der Waals surface area contributed by atoms with Crippen LogP contribution in [-0.2, 0) is 6.54 Å². The van der Waals surface area contributed by atoms with Crippen molar-refractivity contribution in [1.29, 1.82) is 0 Å². The first-order chi connectivity index (χ1) is 14.7. The topological polar surface area (TPSA) is 56.0 Å². The lowest BCUT2D eigenvalue weighted by molar-refractivity contribution is 0.0785. The van der Waals surface area contributed by atoms with Gasteiger partial charge in [-0.25, -0.2) is 9.97 Å². The van der Waals surface area contributed by atoms with Crippen molar-refractivity contribution in [2.24, 2.45) is 5.92 Å². The number of aromatic nitrogens is 4. The number of hydrogen-bond donors (Lipinski definition) is 0. The number of nitrogens with zero attached hydrogens (tertiary/aromatic N) is 5. The van der Waals surface area contributed by atoms with E-state index in [9.17, 15) is 4.79 Å². The van der Waals surface area contributed by atoms with Crippen LogP contribution in [0.1, 0.15) is 43.1 Å². The minimum atomic E-state index is 0.00848. The zero-order valence-corrected chi connectivity index (χ0v) is 17.6. The van der Waals surface area contributed by atoms with Crippen molar-refractivity contribution in [3.8, 4) is 5.95 Å². The van der Waals surface area contributed by atoms with Crippen molar-refractivity contribution >= 4 is 27.8 Å². The average molecular weight is 402 g/mol. The molecule has 0 atom stereocenters. The van der Waals surface area contributed by atoms with Gasteiger partial charge in [0.05, 0.1) is 16.6 Å². The van der Waals surface area contributed by atoms with Gasteiger partial charge in [0.15, 0.2) is 0 Å². The van der Waals surface area contributed by atoms with Gasteiger partial charge in [-0.15, -0.1) is 0 Å². The molecular formula is C24H27N5O. The predicted octanol–water partition coefficient (Wildman–Crippen LogP) is 4.66. The molecule has 30 heavy (non-hydrogen) atoms. The Balaban J connectivity index is 1.76. The van der Waals surface area contributed by atoms with E-state index in [0.29, 0.717) is 11.6 Å². The summed E-state index contributed by atoms with van der Waals surface area (Å²) in [5.74, 6) is 1.27. The smallest absolute Gasteiger partial charge is 0.270 e. The van der Waals surface area contributed by atoms with Crippen molar-refractivity contribution < 1.29 is 4.79 Å². The van der Waals surface area contributed by atoms with Gasteiger partial charge in [-0.2, -0.15) is 0 Å². The average Bonchev–Trinajstić information content (AvgIpc) is 3.45. The number of benzene rings is 1. The van der Waals surface area contributed by atoms with Gasteiger partial charge < -0.3 is 9.47 Å². The van der Waals surface area contributed by atoms with Crippen molar-refractivity contribution in [2.75, 3.05) is 13.6 Å². The van der Waals surface area contributed by atoms with Crippen molar-refractivity contribution in [3.05, 3.63) is 54.5 Å². The summed E-state index contributed by atoms with van der Waals surface area (Å²) < 4.78 is 4.33. The maximum absolute atomic E-state index is 13.4. The first-order valence-electron chi connectivity index (χ1n) is 10.8. The molecule has 6 heteroatoms. The maximum Gasteiger partial charge on any atom is 0.270 e. The molecule has 4 aromatic rings. The minimum absolute atomic E-state index is 0.00848. The molecule has 0 unspecified atom stereocenters. The molecule has 0 radical (unpaired) electrons. The number of amides is 1. The van der Waals surface area contributed by atoms with Gasteiger partial charge >= 0.3 is 0 Å². The highest BCUT2D eigenvalue weighted by Gasteiger charge is 2.28. The van der Waals surface area contributed by atoms with Crippen LogP contribution >= 0.6 is 0 Å². The van der Waals surface area contributed by atoms with Crippen LogP contribution in [0.5, 0.6) is 0 Å². The summed E-state index contributed by atoms with van der Waals surface area (Å²) in [6, 6.07) is 12.3. The lowest BCUT2D eigenvalue weighted by atomic mass is 10.2. The second-order valence-corrected chi connectivity index (χ2v) is 8.30. The summed E-state index contributed by atoms with van der Waals surface area (Å²) in [7, 11) is 1.88. The van der Waals surface area contributed by atoms with E-state index in [1.165, 1.54) is 18.4 Å². The van der Waals surface area contributed by atoms with Crippen molar-refractivity contribution in [2.45, 2.75) is 39.2 Å². The summed E-state index contributed by atoms with van der Waals surface area (Å²) in [5.41, 5.74) is 3.94. The van der Waals surface area contributed by atoms with Crippen LogP contribution in [-0.4, -0.2) is 43.5 Å². The molecule has 1 amide bonds. The van der Waals surface area contributed by atoms with Crippen LogP contribution in [0.2, 0.25) is 0 Å². The first kappa shape index (κ1) is 18.9. The van der Waals surface area contributed by atoms with Crippen LogP contribution < -0.4 is 0 Å². The van der Waals surface area contributed by atoms with Crippen LogP contribution in [0, 0.1) is 5.92 Å². The highest BCUT2D eigenvalue weighted by Crippen LogP contribution is 2.38. The van der Waals surface area contributed by atoms with Gasteiger partial charge in [0, 0.05) is 37.9 Å². The third-order valence-electron chi connectivity index (χ3n) is 6.02. The molecule has 0 bridgehead atoms. The van der Waals surface area contributed by atoms with Gasteiger partial charge in [0.2, 0.25) is 5.95 Å². The normalized spacial score (nSPS) is 13.9. The molecule has 1 aromatic carbocycles. The fraction of sp³-hybridized carbons (Fsp3) is 0.375. The number of rotatable bonds is 7. The standard InChI is InChI=1S/C24H27N5O/c1-3-4-14-27(2)23(30)21-15-20-22(29(21)24-25-12-7-13-26-24)18-8-5-6-9-19(18)28(20)16-17-10-11-17/h5-9,12-13,15,17H,3-4,10-11,14,16H2,1-2H3. The van der Waals surface area contributed by atoms with Crippen molar-refractivity contribution in [3.63, 3.8) is 0 Å². The molecule has 1 saturated carbocycles. The number of unbranched alkanes of at least 4 members (excludes halogenated alkanes) is 1. The Kier molecular flexibility index (Phi) is 4.77. The molecule has 1 fully saturated rings. The zero-order chi connectivity index (χ0) is 20.7. The number of para-hydroxylation sites is 1. The summed E-state index contributed by atoms with van der Waals surface area (Å²) in [4.78, 5) is 24.2. The summed E-state index contributed by atoms with van der Waals surface area (Å²) in [5, 5.41) is 1.14. The molecule has 0 aliphatic heterocycles. The van der Waals surface area contributed by atoms with Gasteiger partial charge in [0.1, 0.15) is 5.69 Å². The molecule has 1 aliphatic carbocycles. The summed E-state index contributed by atoms with van der Waals surface area (Å²) in [6.45, 7) is 3.87. The zero-order valence-electron chi connectivity index (χ0n) is 17.6. The Hall–Kier alpha value is -3.15. The fourth-order valence-corrected chi connectivity index (χ4v) is 4.22. The van der Waals surface area contributed by atoms with Gasteiger partial charge in [-0.3, -0.25) is 9.36 Å². The molecule has 0 N–H and O–H groups in total. The maximum atomic E-state index is 13.4. The lowest BCUT2D eigenvalue weighted by Crippen LogP contribution is -2.29. The Labute approximate surface area is 176 Å². The third-order valence-corrected chi connectivity index (χ3v) is 6.02. The molecule has 0 saturated heterocycles.